The van der Waals surface area contributed by atoms with Crippen molar-refractivity contribution in [1.82, 2.24) is 9.88 Å². The van der Waals surface area contributed by atoms with Gasteiger partial charge in [0.05, 0.1) is 5.54 Å². The van der Waals surface area contributed by atoms with Gasteiger partial charge in [0.25, 0.3) is 0 Å². The third kappa shape index (κ3) is 5.36. The number of carboxylic acid groups (broad SMARTS) is 1. The molecule has 0 atom stereocenters. The largest absolute Gasteiger partial charge is 0.481 e. The van der Waals surface area contributed by atoms with Gasteiger partial charge >= 0.3 is 11.6 Å². The Bertz CT molecular complexity index is 1660. The van der Waals surface area contributed by atoms with Crippen molar-refractivity contribution < 1.29 is 23.5 Å². The number of anilines is 1. The number of benzene rings is 2. The molecule has 1 N–H and O–H groups in total. The number of aliphatic carboxylic acids is 1. The van der Waals surface area contributed by atoms with Crippen molar-refractivity contribution >= 4 is 45.2 Å². The first-order chi connectivity index (χ1) is 19.0. The lowest BCUT2D eigenvalue weighted by Gasteiger charge is -2.43. The third-order valence-corrected chi connectivity index (χ3v) is 7.44. The summed E-state index contributed by atoms with van der Waals surface area (Å²) < 4.78 is 11.6. The molecule has 3 heterocycles. The first-order valence-electron chi connectivity index (χ1n) is 13.4. The van der Waals surface area contributed by atoms with Crippen LogP contribution < -0.4 is 10.5 Å². The summed E-state index contributed by atoms with van der Waals surface area (Å²) in [5, 5.41) is 9.59. The van der Waals surface area contributed by atoms with Gasteiger partial charge in [0.2, 0.25) is 11.8 Å². The number of allylic oxidation sites excluding steroid dienone is 1. The maximum absolute atomic E-state index is 13.0. The monoisotopic (exact) mass is 543 g/mol. The zero-order chi connectivity index (χ0) is 28.6. The Labute approximate surface area is 231 Å². The average molecular weight is 544 g/mol. The normalized spacial score (nSPS) is 14.3. The Hall–Kier alpha value is -4.40. The molecule has 0 fully saturated rings. The zero-order valence-corrected chi connectivity index (χ0v) is 23.2. The highest BCUT2D eigenvalue weighted by Crippen LogP contribution is 2.41. The highest BCUT2D eigenvalue weighted by molar-refractivity contribution is 5.93. The number of nitrogens with zero attached hydrogens (tertiary/aromatic N) is 3. The van der Waals surface area contributed by atoms with Crippen molar-refractivity contribution in [1.29, 1.82) is 0 Å². The quantitative estimate of drug-likeness (QED) is 0.267. The lowest BCUT2D eigenvalue weighted by molar-refractivity contribution is -0.138. The summed E-state index contributed by atoms with van der Waals surface area (Å²) in [4.78, 5) is 44.7. The van der Waals surface area contributed by atoms with E-state index in [9.17, 15) is 14.4 Å². The number of hydrogen-bond donors (Lipinski definition) is 1. The van der Waals surface area contributed by atoms with Crippen LogP contribution in [0.3, 0.4) is 0 Å². The molecule has 1 aliphatic rings. The summed E-state index contributed by atoms with van der Waals surface area (Å²) in [5.41, 5.74) is 4.25. The highest BCUT2D eigenvalue weighted by Gasteiger charge is 2.32. The Morgan fingerprint density at radius 2 is 1.77 bits per heavy atom. The van der Waals surface area contributed by atoms with Crippen LogP contribution in [-0.4, -0.2) is 52.5 Å². The van der Waals surface area contributed by atoms with E-state index in [1.807, 2.05) is 30.3 Å². The molecule has 0 bridgehead atoms. The van der Waals surface area contributed by atoms with Gasteiger partial charge in [0.15, 0.2) is 5.58 Å². The van der Waals surface area contributed by atoms with Gasteiger partial charge in [-0.3, -0.25) is 9.59 Å². The molecule has 0 unspecified atom stereocenters. The van der Waals surface area contributed by atoms with Gasteiger partial charge < -0.3 is 23.7 Å². The smallest absolute Gasteiger partial charge is 0.349 e. The van der Waals surface area contributed by atoms with Crippen molar-refractivity contribution in [2.75, 3.05) is 25.0 Å². The summed E-state index contributed by atoms with van der Waals surface area (Å²) in [6, 6.07) is 13.0. The molecule has 9 nitrogen and oxygen atoms in total. The van der Waals surface area contributed by atoms with Crippen LogP contribution in [0.1, 0.15) is 52.0 Å². The topological polar surface area (TPSA) is 117 Å². The lowest BCUT2D eigenvalue weighted by Crippen LogP contribution is -2.46. The number of rotatable bonds is 9. The molecule has 1 amide bonds. The van der Waals surface area contributed by atoms with Crippen LogP contribution in [0, 0.1) is 0 Å². The van der Waals surface area contributed by atoms with Crippen LogP contribution in [0.4, 0.5) is 5.69 Å². The Morgan fingerprint density at radius 3 is 2.52 bits per heavy atom. The zero-order valence-electron chi connectivity index (χ0n) is 23.2. The van der Waals surface area contributed by atoms with Crippen molar-refractivity contribution in [3.05, 3.63) is 64.5 Å². The molecule has 0 radical (unpaired) electrons. The standard InChI is InChI=1S/C31H33N3O6/c1-19-18-31(2,3)34(14-7-11-27(35)33(4)13-8-12-28(36)37)24-17-26-20(15-21(19)24)16-22(30(38)40-26)29-32-23-9-5-6-10-25(23)39-29/h5-6,9-10,15-18H,7-8,11-14H2,1-4H3,(H,36,37). The van der Waals surface area contributed by atoms with E-state index in [2.05, 4.69) is 36.7 Å². The van der Waals surface area contributed by atoms with Crippen LogP contribution in [-0.2, 0) is 9.59 Å². The van der Waals surface area contributed by atoms with E-state index in [-0.39, 0.29) is 29.3 Å². The minimum atomic E-state index is -0.860. The summed E-state index contributed by atoms with van der Waals surface area (Å²) in [5.74, 6) is -0.647. The molecule has 40 heavy (non-hydrogen) atoms. The van der Waals surface area contributed by atoms with Crippen molar-refractivity contribution in [3.63, 3.8) is 0 Å². The van der Waals surface area contributed by atoms with E-state index in [0.717, 1.165) is 22.2 Å². The predicted octanol–water partition coefficient (Wildman–Crippen LogP) is 5.71. The molecule has 5 rings (SSSR count). The number of carboxylic acids is 1. The summed E-state index contributed by atoms with van der Waals surface area (Å²) in [7, 11) is 1.71. The number of oxazole rings is 1. The summed E-state index contributed by atoms with van der Waals surface area (Å²) in [6.07, 6.45) is 3.66. The van der Waals surface area contributed by atoms with E-state index in [4.69, 9.17) is 13.9 Å². The molecule has 9 heteroatoms. The molecule has 4 aromatic rings. The molecule has 208 valence electrons. The predicted molar refractivity (Wildman–Crippen MR) is 154 cm³/mol. The van der Waals surface area contributed by atoms with Crippen molar-refractivity contribution in [2.24, 2.45) is 0 Å². The van der Waals surface area contributed by atoms with E-state index >= 15 is 0 Å². The fraction of sp³-hybridized carbons (Fsp3) is 0.355. The van der Waals surface area contributed by atoms with Crippen LogP contribution in [0.2, 0.25) is 0 Å². The molecular weight excluding hydrogens is 510 g/mol. The number of carbonyl (C=O) groups is 2. The van der Waals surface area contributed by atoms with E-state index in [0.29, 0.717) is 49.0 Å². The first kappa shape index (κ1) is 27.2. The van der Waals surface area contributed by atoms with Gasteiger partial charge in [0, 0.05) is 55.7 Å². The van der Waals surface area contributed by atoms with Gasteiger partial charge in [-0.15, -0.1) is 0 Å². The fourth-order valence-corrected chi connectivity index (χ4v) is 5.41. The molecule has 2 aromatic carbocycles. The fourth-order valence-electron chi connectivity index (χ4n) is 5.41. The van der Waals surface area contributed by atoms with Gasteiger partial charge in [-0.05, 0) is 63.5 Å². The van der Waals surface area contributed by atoms with E-state index in [1.54, 1.807) is 24.1 Å². The Balaban J connectivity index is 1.40. The minimum Gasteiger partial charge on any atom is -0.481 e. The molecule has 1 aliphatic heterocycles. The summed E-state index contributed by atoms with van der Waals surface area (Å²) >= 11 is 0. The van der Waals surface area contributed by atoms with Gasteiger partial charge in [-0.25, -0.2) is 9.78 Å². The molecule has 0 saturated carbocycles. The number of para-hydroxylation sites is 2. The van der Waals surface area contributed by atoms with Crippen LogP contribution >= 0.6 is 0 Å². The second kappa shape index (κ2) is 10.6. The number of amides is 1. The van der Waals surface area contributed by atoms with Gasteiger partial charge in [0.1, 0.15) is 16.7 Å². The average Bonchev–Trinajstić information content (AvgIpc) is 3.32. The minimum absolute atomic E-state index is 0.0108. The maximum Gasteiger partial charge on any atom is 0.349 e. The molecule has 0 saturated heterocycles. The van der Waals surface area contributed by atoms with Crippen molar-refractivity contribution in [2.45, 2.75) is 52.0 Å². The van der Waals surface area contributed by atoms with Crippen LogP contribution in [0.5, 0.6) is 0 Å². The Morgan fingerprint density at radius 1 is 1.02 bits per heavy atom. The molecule has 2 aromatic heterocycles. The first-order valence-corrected chi connectivity index (χ1v) is 13.4. The SMILES string of the molecule is CC1=CC(C)(C)N(CCCC(=O)N(C)CCCC(=O)O)c2cc3oc(=O)c(-c4nc5ccccc5o4)cc3cc21. The summed E-state index contributed by atoms with van der Waals surface area (Å²) in [6.45, 7) is 7.35. The van der Waals surface area contributed by atoms with E-state index < -0.39 is 11.6 Å². The lowest BCUT2D eigenvalue weighted by atomic mass is 9.87. The Kier molecular flexibility index (Phi) is 7.23. The number of aromatic nitrogens is 1. The number of carbonyl (C=O) groups excluding carboxylic acids is 1. The molecule has 0 spiro atoms. The van der Waals surface area contributed by atoms with Gasteiger partial charge in [-0.1, -0.05) is 18.2 Å². The van der Waals surface area contributed by atoms with E-state index in [1.165, 1.54) is 0 Å². The number of hydrogen-bond acceptors (Lipinski definition) is 7. The second-order valence-corrected chi connectivity index (χ2v) is 10.9. The number of fused-ring (bicyclic) bond motifs is 3. The van der Waals surface area contributed by atoms with Crippen LogP contribution in [0.25, 0.3) is 39.1 Å². The van der Waals surface area contributed by atoms with Crippen molar-refractivity contribution in [3.8, 4) is 11.5 Å². The van der Waals surface area contributed by atoms with Crippen LogP contribution in [0.15, 0.2) is 62.2 Å². The van der Waals surface area contributed by atoms with Gasteiger partial charge in [-0.2, -0.15) is 0 Å². The molecule has 0 aliphatic carbocycles. The maximum atomic E-state index is 13.0. The molecular formula is C31H33N3O6. The second-order valence-electron chi connectivity index (χ2n) is 10.9. The highest BCUT2D eigenvalue weighted by atomic mass is 16.4. The third-order valence-electron chi connectivity index (χ3n) is 7.44.